The van der Waals surface area contributed by atoms with Crippen molar-refractivity contribution in [3.63, 3.8) is 0 Å². The lowest BCUT2D eigenvalue weighted by molar-refractivity contribution is -0.131. The zero-order valence-corrected chi connectivity index (χ0v) is 11.3. The minimum Gasteiger partial charge on any atom is -0.427 e. The van der Waals surface area contributed by atoms with Crippen LogP contribution in [0.2, 0.25) is 0 Å². The number of aromatic nitrogens is 4. The van der Waals surface area contributed by atoms with E-state index in [1.807, 2.05) is 12.1 Å². The van der Waals surface area contributed by atoms with Crippen molar-refractivity contribution in [1.29, 1.82) is 0 Å². The Morgan fingerprint density at radius 1 is 1.33 bits per heavy atom. The van der Waals surface area contributed by atoms with Crippen LogP contribution in [0, 0.1) is 0 Å². The molecule has 0 atom stereocenters. The van der Waals surface area contributed by atoms with E-state index in [-0.39, 0.29) is 5.97 Å². The number of nitrogens with zero attached hydrogens (tertiary/aromatic N) is 3. The number of hydrogen-bond donors (Lipinski definition) is 2. The number of nitrogens with one attached hydrogen (secondary N) is 2. The van der Waals surface area contributed by atoms with Crippen LogP contribution in [0.3, 0.4) is 0 Å². The number of esters is 1. The van der Waals surface area contributed by atoms with E-state index in [0.717, 1.165) is 11.1 Å². The molecule has 2 heterocycles. The van der Waals surface area contributed by atoms with Gasteiger partial charge in [-0.1, -0.05) is 12.1 Å². The number of carbonyl (C=O) groups excluding carboxylic acids is 1. The molecule has 0 aliphatic heterocycles. The Hall–Kier alpha value is -2.96. The number of fused-ring (bicyclic) bond motifs is 1. The molecule has 0 saturated heterocycles. The molecule has 0 amide bonds. The molecule has 0 aliphatic rings. The number of carbonyl (C=O) groups is 1. The highest BCUT2D eigenvalue weighted by atomic mass is 16.5. The first-order valence-electron chi connectivity index (χ1n) is 6.37. The van der Waals surface area contributed by atoms with E-state index in [1.165, 1.54) is 13.3 Å². The SMILES string of the molecule is CC(=O)Oc1cccc(CNc2ncnc3nc[nH]c23)c1. The summed E-state index contributed by atoms with van der Waals surface area (Å²) in [4.78, 5) is 26.3. The van der Waals surface area contributed by atoms with Gasteiger partial charge in [0.05, 0.1) is 6.33 Å². The van der Waals surface area contributed by atoms with Gasteiger partial charge in [-0.3, -0.25) is 4.79 Å². The second-order valence-corrected chi connectivity index (χ2v) is 4.42. The molecule has 7 nitrogen and oxygen atoms in total. The van der Waals surface area contributed by atoms with E-state index in [9.17, 15) is 4.79 Å². The van der Waals surface area contributed by atoms with Gasteiger partial charge >= 0.3 is 5.97 Å². The summed E-state index contributed by atoms with van der Waals surface area (Å²) in [5.41, 5.74) is 2.34. The van der Waals surface area contributed by atoms with E-state index in [1.54, 1.807) is 18.5 Å². The molecule has 1 aromatic carbocycles. The average molecular weight is 283 g/mol. The predicted octanol–water partition coefficient (Wildman–Crippen LogP) is 1.89. The molecule has 21 heavy (non-hydrogen) atoms. The van der Waals surface area contributed by atoms with Crippen LogP contribution in [0.1, 0.15) is 12.5 Å². The number of imidazole rings is 1. The Morgan fingerprint density at radius 3 is 3.10 bits per heavy atom. The summed E-state index contributed by atoms with van der Waals surface area (Å²) >= 11 is 0. The molecule has 0 unspecified atom stereocenters. The van der Waals surface area contributed by atoms with Crippen molar-refractivity contribution < 1.29 is 9.53 Å². The molecule has 0 aliphatic carbocycles. The Bertz CT molecular complexity index is 784. The summed E-state index contributed by atoms with van der Waals surface area (Å²) < 4.78 is 5.06. The van der Waals surface area contributed by atoms with Crippen molar-refractivity contribution in [3.8, 4) is 5.75 Å². The van der Waals surface area contributed by atoms with Gasteiger partial charge in [0.25, 0.3) is 0 Å². The van der Waals surface area contributed by atoms with Crippen molar-refractivity contribution in [2.45, 2.75) is 13.5 Å². The molecular weight excluding hydrogens is 270 g/mol. The number of ether oxygens (including phenoxy) is 1. The number of H-pyrrole nitrogens is 1. The van der Waals surface area contributed by atoms with E-state index < -0.39 is 0 Å². The summed E-state index contributed by atoms with van der Waals surface area (Å²) in [5.74, 6) is 0.863. The molecule has 0 radical (unpaired) electrons. The van der Waals surface area contributed by atoms with Crippen LogP contribution in [0.15, 0.2) is 36.9 Å². The monoisotopic (exact) mass is 283 g/mol. The maximum absolute atomic E-state index is 11.0. The lowest BCUT2D eigenvalue weighted by Gasteiger charge is -2.07. The Balaban J connectivity index is 1.75. The van der Waals surface area contributed by atoms with Gasteiger partial charge in [0, 0.05) is 13.5 Å². The quantitative estimate of drug-likeness (QED) is 0.561. The standard InChI is InChI=1S/C14H13N5O2/c1-9(20)21-11-4-2-3-10(5-11)6-15-13-12-14(17-7-16-12)19-8-18-13/h2-5,7-8H,6H2,1H3,(H2,15,16,17,18,19). The van der Waals surface area contributed by atoms with Crippen molar-refractivity contribution in [1.82, 2.24) is 19.9 Å². The summed E-state index contributed by atoms with van der Waals surface area (Å²) in [7, 11) is 0. The summed E-state index contributed by atoms with van der Waals surface area (Å²) in [6, 6.07) is 7.31. The second-order valence-electron chi connectivity index (χ2n) is 4.42. The van der Waals surface area contributed by atoms with E-state index in [0.29, 0.717) is 23.8 Å². The largest absolute Gasteiger partial charge is 0.427 e. The van der Waals surface area contributed by atoms with Crippen LogP contribution in [-0.4, -0.2) is 25.9 Å². The third kappa shape index (κ3) is 2.97. The van der Waals surface area contributed by atoms with E-state index >= 15 is 0 Å². The van der Waals surface area contributed by atoms with Gasteiger partial charge in [0.2, 0.25) is 0 Å². The van der Waals surface area contributed by atoms with Gasteiger partial charge in [-0.15, -0.1) is 0 Å². The average Bonchev–Trinajstić information content (AvgIpc) is 2.93. The minimum absolute atomic E-state index is 0.338. The van der Waals surface area contributed by atoms with E-state index in [2.05, 4.69) is 25.3 Å². The molecule has 0 spiro atoms. The van der Waals surface area contributed by atoms with Gasteiger partial charge in [0.15, 0.2) is 11.5 Å². The van der Waals surface area contributed by atoms with Crippen LogP contribution in [-0.2, 0) is 11.3 Å². The van der Waals surface area contributed by atoms with Gasteiger partial charge in [-0.2, -0.15) is 0 Å². The molecule has 0 fully saturated rings. The van der Waals surface area contributed by atoms with Gasteiger partial charge in [0.1, 0.15) is 17.6 Å². The van der Waals surface area contributed by atoms with Crippen LogP contribution in [0.25, 0.3) is 11.2 Å². The highest BCUT2D eigenvalue weighted by Gasteiger charge is 2.06. The minimum atomic E-state index is -0.338. The van der Waals surface area contributed by atoms with Crippen LogP contribution in [0.5, 0.6) is 5.75 Å². The third-order valence-electron chi connectivity index (χ3n) is 2.84. The van der Waals surface area contributed by atoms with Crippen molar-refractivity contribution in [2.24, 2.45) is 0 Å². The summed E-state index contributed by atoms with van der Waals surface area (Å²) in [5, 5.41) is 3.21. The summed E-state index contributed by atoms with van der Waals surface area (Å²) in [6.45, 7) is 1.92. The number of benzene rings is 1. The Morgan fingerprint density at radius 2 is 2.24 bits per heavy atom. The molecule has 3 rings (SSSR count). The molecule has 3 aromatic rings. The van der Waals surface area contributed by atoms with Crippen molar-refractivity contribution in [2.75, 3.05) is 5.32 Å². The topological polar surface area (TPSA) is 92.8 Å². The lowest BCUT2D eigenvalue weighted by atomic mass is 10.2. The zero-order valence-electron chi connectivity index (χ0n) is 11.3. The number of aromatic amines is 1. The van der Waals surface area contributed by atoms with Crippen LogP contribution < -0.4 is 10.1 Å². The lowest BCUT2D eigenvalue weighted by Crippen LogP contribution is -2.04. The second kappa shape index (κ2) is 5.58. The first-order chi connectivity index (χ1) is 10.2. The van der Waals surface area contributed by atoms with Crippen LogP contribution in [0.4, 0.5) is 5.82 Å². The molecular formula is C14H13N5O2. The maximum Gasteiger partial charge on any atom is 0.308 e. The van der Waals surface area contributed by atoms with Crippen molar-refractivity contribution >= 4 is 23.0 Å². The zero-order chi connectivity index (χ0) is 14.7. The Kier molecular flexibility index (Phi) is 3.46. The first kappa shape index (κ1) is 13.0. The smallest absolute Gasteiger partial charge is 0.308 e. The molecule has 2 aromatic heterocycles. The van der Waals surface area contributed by atoms with Crippen molar-refractivity contribution in [3.05, 3.63) is 42.5 Å². The fourth-order valence-corrected chi connectivity index (χ4v) is 1.97. The fourth-order valence-electron chi connectivity index (χ4n) is 1.97. The molecule has 2 N–H and O–H groups in total. The van der Waals surface area contributed by atoms with Crippen LogP contribution >= 0.6 is 0 Å². The normalized spacial score (nSPS) is 10.5. The molecule has 0 bridgehead atoms. The summed E-state index contributed by atoms with van der Waals surface area (Å²) in [6.07, 6.45) is 3.03. The molecule has 106 valence electrons. The first-order valence-corrected chi connectivity index (χ1v) is 6.37. The third-order valence-corrected chi connectivity index (χ3v) is 2.84. The fraction of sp³-hybridized carbons (Fsp3) is 0.143. The maximum atomic E-state index is 11.0. The number of rotatable bonds is 4. The molecule has 7 heteroatoms. The highest BCUT2D eigenvalue weighted by molar-refractivity contribution is 5.81. The Labute approximate surface area is 120 Å². The molecule has 0 saturated carbocycles. The predicted molar refractivity (Wildman–Crippen MR) is 76.8 cm³/mol. The van der Waals surface area contributed by atoms with Gasteiger partial charge in [-0.25, -0.2) is 15.0 Å². The van der Waals surface area contributed by atoms with Gasteiger partial charge in [-0.05, 0) is 17.7 Å². The number of hydrogen-bond acceptors (Lipinski definition) is 6. The highest BCUT2D eigenvalue weighted by Crippen LogP contribution is 2.17. The van der Waals surface area contributed by atoms with Gasteiger partial charge < -0.3 is 15.0 Å². The number of anilines is 1. The van der Waals surface area contributed by atoms with E-state index in [4.69, 9.17) is 4.74 Å².